The molecule has 2 aromatic rings. The second kappa shape index (κ2) is 11.4. The number of ether oxygens (including phenoxy) is 2. The van der Waals surface area contributed by atoms with Crippen LogP contribution in [0.3, 0.4) is 0 Å². The predicted molar refractivity (Wildman–Crippen MR) is 119 cm³/mol. The fourth-order valence-electron chi connectivity index (χ4n) is 3.97. The molecule has 1 aliphatic rings. The number of rotatable bonds is 9. The van der Waals surface area contributed by atoms with Gasteiger partial charge in [-0.3, -0.25) is 0 Å². The Bertz CT molecular complexity index is 814. The van der Waals surface area contributed by atoms with E-state index in [4.69, 9.17) is 9.47 Å². The lowest BCUT2D eigenvalue weighted by Gasteiger charge is -2.28. The molecule has 0 unspecified atom stereocenters. The molecule has 0 saturated heterocycles. The molecule has 5 heteroatoms. The summed E-state index contributed by atoms with van der Waals surface area (Å²) < 4.78 is 25.6. The minimum Gasteiger partial charge on any atom is -0.423 e. The van der Waals surface area contributed by atoms with E-state index < -0.39 is 11.8 Å². The molecule has 2 aromatic carbocycles. The molecule has 0 atom stereocenters. The molecule has 0 spiro atoms. The first kappa shape index (κ1) is 22.7. The number of carbonyl (C=O) groups is 1. The second-order valence-corrected chi connectivity index (χ2v) is 9.39. The van der Waals surface area contributed by atoms with Crippen molar-refractivity contribution in [2.24, 2.45) is 5.92 Å². The van der Waals surface area contributed by atoms with Crippen LogP contribution in [0.25, 0.3) is 0 Å². The number of esters is 1. The summed E-state index contributed by atoms with van der Waals surface area (Å²) in [4.78, 5) is 12.4. The van der Waals surface area contributed by atoms with Gasteiger partial charge in [0, 0.05) is 13.2 Å². The molecule has 3 nitrogen and oxygen atoms in total. The van der Waals surface area contributed by atoms with Gasteiger partial charge in [-0.1, -0.05) is 42.8 Å². The highest BCUT2D eigenvalue weighted by Gasteiger charge is 2.24. The standard InChI is InChI=1S/C25H31FO3Si/c1-3-15-30-22-12-10-21(11-13-22)29-25(27)23-14-9-20(16-24(23)26)19-7-5-18(6-8-19)17-28-4-2/h9-14,16,18-19H,3-8,15,17H2,1-2H3. The molecule has 0 heterocycles. The van der Waals surface area contributed by atoms with Crippen molar-refractivity contribution in [1.29, 1.82) is 0 Å². The Morgan fingerprint density at radius 1 is 1.07 bits per heavy atom. The maximum absolute atomic E-state index is 14.7. The SMILES string of the molecule is CCC[Si]c1ccc(OC(=O)c2ccc(C3CCC(COCC)CC3)cc2F)cc1. The Labute approximate surface area is 181 Å². The third-order valence-corrected chi connectivity index (χ3v) is 7.22. The molecule has 160 valence electrons. The minimum absolute atomic E-state index is 0.0132. The van der Waals surface area contributed by atoms with E-state index in [2.05, 4.69) is 6.92 Å². The van der Waals surface area contributed by atoms with E-state index in [-0.39, 0.29) is 5.56 Å². The van der Waals surface area contributed by atoms with E-state index in [9.17, 15) is 9.18 Å². The average molecular weight is 427 g/mol. The second-order valence-electron chi connectivity index (χ2n) is 7.96. The van der Waals surface area contributed by atoms with Gasteiger partial charge in [-0.2, -0.15) is 0 Å². The van der Waals surface area contributed by atoms with Crippen LogP contribution in [0.2, 0.25) is 6.04 Å². The Balaban J connectivity index is 1.57. The zero-order valence-electron chi connectivity index (χ0n) is 18.0. The fourth-order valence-corrected chi connectivity index (χ4v) is 4.91. The van der Waals surface area contributed by atoms with Gasteiger partial charge in [0.25, 0.3) is 0 Å². The first-order valence-electron chi connectivity index (χ1n) is 11.0. The number of benzene rings is 2. The maximum atomic E-state index is 14.7. The average Bonchev–Trinajstić information content (AvgIpc) is 2.77. The zero-order chi connectivity index (χ0) is 21.3. The van der Waals surface area contributed by atoms with Crippen LogP contribution in [-0.2, 0) is 4.74 Å². The van der Waals surface area contributed by atoms with Crippen molar-refractivity contribution in [1.82, 2.24) is 0 Å². The number of halogens is 1. The lowest BCUT2D eigenvalue weighted by Crippen LogP contribution is -2.18. The van der Waals surface area contributed by atoms with Crippen LogP contribution in [-0.4, -0.2) is 28.7 Å². The van der Waals surface area contributed by atoms with Gasteiger partial charge < -0.3 is 9.47 Å². The normalized spacial score (nSPS) is 18.9. The predicted octanol–water partition coefficient (Wildman–Crippen LogP) is 5.51. The van der Waals surface area contributed by atoms with E-state index in [0.29, 0.717) is 17.6 Å². The number of hydrogen-bond donors (Lipinski definition) is 0. The molecular formula is C25H31FO3Si. The molecule has 0 aromatic heterocycles. The quantitative estimate of drug-likeness (QED) is 0.301. The molecule has 0 bridgehead atoms. The fraction of sp³-hybridized carbons (Fsp3) is 0.480. The highest BCUT2D eigenvalue weighted by atomic mass is 28.2. The molecule has 3 rings (SSSR count). The van der Waals surface area contributed by atoms with Gasteiger partial charge in [-0.15, -0.1) is 0 Å². The van der Waals surface area contributed by atoms with Gasteiger partial charge in [0.05, 0.1) is 15.1 Å². The summed E-state index contributed by atoms with van der Waals surface area (Å²) in [6.45, 7) is 5.76. The Morgan fingerprint density at radius 3 is 2.43 bits per heavy atom. The molecule has 0 N–H and O–H groups in total. The van der Waals surface area contributed by atoms with Crippen molar-refractivity contribution in [3.05, 3.63) is 59.4 Å². The van der Waals surface area contributed by atoms with E-state index >= 15 is 0 Å². The van der Waals surface area contributed by atoms with Gasteiger partial charge in [0.15, 0.2) is 0 Å². The van der Waals surface area contributed by atoms with Crippen LogP contribution in [0, 0.1) is 11.7 Å². The lowest BCUT2D eigenvalue weighted by atomic mass is 9.79. The molecule has 2 radical (unpaired) electrons. The summed E-state index contributed by atoms with van der Waals surface area (Å²) in [6, 6.07) is 13.6. The van der Waals surface area contributed by atoms with Crippen LogP contribution < -0.4 is 9.92 Å². The molecule has 30 heavy (non-hydrogen) atoms. The monoisotopic (exact) mass is 426 g/mol. The number of carbonyl (C=O) groups excluding carboxylic acids is 1. The maximum Gasteiger partial charge on any atom is 0.346 e. The third-order valence-electron chi connectivity index (χ3n) is 5.73. The minimum atomic E-state index is -0.650. The van der Waals surface area contributed by atoms with Gasteiger partial charge in [0.1, 0.15) is 11.6 Å². The van der Waals surface area contributed by atoms with Gasteiger partial charge >= 0.3 is 5.97 Å². The summed E-state index contributed by atoms with van der Waals surface area (Å²) in [5.74, 6) is 0.243. The first-order chi connectivity index (χ1) is 14.6. The van der Waals surface area contributed by atoms with Crippen molar-refractivity contribution in [3.8, 4) is 5.75 Å². The largest absolute Gasteiger partial charge is 0.423 e. The highest BCUT2D eigenvalue weighted by molar-refractivity contribution is 6.53. The molecule has 0 amide bonds. The molecule has 1 aliphatic carbocycles. The molecule has 0 aliphatic heterocycles. The van der Waals surface area contributed by atoms with E-state index in [1.54, 1.807) is 18.2 Å². The van der Waals surface area contributed by atoms with E-state index in [0.717, 1.165) is 66.4 Å². The summed E-state index contributed by atoms with van der Waals surface area (Å²) in [5.41, 5.74) is 0.959. The summed E-state index contributed by atoms with van der Waals surface area (Å²) in [5, 5.41) is 1.24. The molecule has 1 saturated carbocycles. The lowest BCUT2D eigenvalue weighted by molar-refractivity contribution is 0.0729. The summed E-state index contributed by atoms with van der Waals surface area (Å²) in [6.07, 6.45) is 5.42. The van der Waals surface area contributed by atoms with E-state index in [1.165, 1.54) is 11.3 Å². The topological polar surface area (TPSA) is 35.5 Å². The first-order valence-corrected chi connectivity index (χ1v) is 12.2. The van der Waals surface area contributed by atoms with Gasteiger partial charge in [-0.05, 0) is 74.3 Å². The van der Waals surface area contributed by atoms with Crippen molar-refractivity contribution < 1.29 is 18.7 Å². The van der Waals surface area contributed by atoms with Crippen LogP contribution in [0.4, 0.5) is 4.39 Å². The summed E-state index contributed by atoms with van der Waals surface area (Å²) >= 11 is 0. The molecular weight excluding hydrogens is 395 g/mol. The zero-order valence-corrected chi connectivity index (χ0v) is 19.0. The smallest absolute Gasteiger partial charge is 0.346 e. The van der Waals surface area contributed by atoms with Crippen LogP contribution >= 0.6 is 0 Å². The van der Waals surface area contributed by atoms with Crippen molar-refractivity contribution in [2.45, 2.75) is 57.9 Å². The van der Waals surface area contributed by atoms with Crippen molar-refractivity contribution in [2.75, 3.05) is 13.2 Å². The van der Waals surface area contributed by atoms with Crippen molar-refractivity contribution >= 4 is 20.7 Å². The third kappa shape index (κ3) is 6.26. The number of hydrogen-bond acceptors (Lipinski definition) is 3. The van der Waals surface area contributed by atoms with Gasteiger partial charge in [-0.25, -0.2) is 9.18 Å². The van der Waals surface area contributed by atoms with Crippen LogP contribution in [0.1, 0.15) is 67.8 Å². The molecule has 1 fully saturated rings. The summed E-state index contributed by atoms with van der Waals surface area (Å²) in [7, 11) is 0.758. The Morgan fingerprint density at radius 2 is 1.80 bits per heavy atom. The van der Waals surface area contributed by atoms with E-state index in [1.807, 2.05) is 25.1 Å². The highest BCUT2D eigenvalue weighted by Crippen LogP contribution is 2.36. The Kier molecular flexibility index (Phi) is 8.64. The van der Waals surface area contributed by atoms with Crippen molar-refractivity contribution in [3.63, 3.8) is 0 Å². The van der Waals surface area contributed by atoms with Gasteiger partial charge in [0.2, 0.25) is 0 Å². The Hall–Kier alpha value is -1.98. The van der Waals surface area contributed by atoms with Crippen LogP contribution in [0.15, 0.2) is 42.5 Å². The van der Waals surface area contributed by atoms with Crippen LogP contribution in [0.5, 0.6) is 5.75 Å².